The van der Waals surface area contributed by atoms with E-state index in [1.54, 1.807) is 18.5 Å². The molecule has 0 amide bonds. The number of hydrogen-bond donors (Lipinski definition) is 2. The molecule has 2 aromatic heterocycles. The van der Waals surface area contributed by atoms with E-state index in [4.69, 9.17) is 0 Å². The molecule has 0 radical (unpaired) electrons. The summed E-state index contributed by atoms with van der Waals surface area (Å²) in [6.07, 6.45) is 5.14. The van der Waals surface area contributed by atoms with Crippen LogP contribution >= 0.6 is 0 Å². The molecule has 0 saturated heterocycles. The molecule has 7 heteroatoms. The standard InChI is InChI=1S/C14H18N4O2S/c1-2-16-13-7-9-15-11-14(13)21(19,20)18-10-6-12-5-3-4-8-17-12/h3-5,7-9,11,18H,2,6,10H2,1H3,(H,15,16). The minimum Gasteiger partial charge on any atom is -0.384 e. The SMILES string of the molecule is CCNc1ccncc1S(=O)(=O)NCCc1ccccn1. The Kier molecular flexibility index (Phi) is 5.24. The molecular weight excluding hydrogens is 288 g/mol. The molecule has 21 heavy (non-hydrogen) atoms. The smallest absolute Gasteiger partial charge is 0.244 e. The summed E-state index contributed by atoms with van der Waals surface area (Å²) in [5, 5.41) is 3.02. The zero-order chi connectivity index (χ0) is 15.1. The van der Waals surface area contributed by atoms with Crippen molar-refractivity contribution in [3.8, 4) is 0 Å². The Morgan fingerprint density at radius 3 is 2.76 bits per heavy atom. The molecule has 0 spiro atoms. The Labute approximate surface area is 124 Å². The summed E-state index contributed by atoms with van der Waals surface area (Å²) in [5.74, 6) is 0. The lowest BCUT2D eigenvalue weighted by atomic mass is 10.3. The first kappa shape index (κ1) is 15.4. The Morgan fingerprint density at radius 1 is 1.19 bits per heavy atom. The number of rotatable bonds is 7. The van der Waals surface area contributed by atoms with E-state index in [1.165, 1.54) is 6.20 Å². The molecule has 2 heterocycles. The van der Waals surface area contributed by atoms with E-state index >= 15 is 0 Å². The van der Waals surface area contributed by atoms with Crippen LogP contribution in [0.4, 0.5) is 5.69 Å². The van der Waals surface area contributed by atoms with Gasteiger partial charge in [-0.1, -0.05) is 6.07 Å². The molecular formula is C14H18N4O2S. The van der Waals surface area contributed by atoms with Gasteiger partial charge in [-0.15, -0.1) is 0 Å². The third-order valence-electron chi connectivity index (χ3n) is 2.84. The highest BCUT2D eigenvalue weighted by atomic mass is 32.2. The van der Waals surface area contributed by atoms with Gasteiger partial charge in [0.1, 0.15) is 4.90 Å². The lowest BCUT2D eigenvalue weighted by Crippen LogP contribution is -2.27. The van der Waals surface area contributed by atoms with Crippen LogP contribution in [0.3, 0.4) is 0 Å². The summed E-state index contributed by atoms with van der Waals surface area (Å²) in [7, 11) is -3.59. The van der Waals surface area contributed by atoms with Crippen molar-refractivity contribution >= 4 is 15.7 Å². The molecule has 0 bridgehead atoms. The van der Waals surface area contributed by atoms with Crippen LogP contribution in [0.1, 0.15) is 12.6 Å². The number of hydrogen-bond acceptors (Lipinski definition) is 5. The van der Waals surface area contributed by atoms with Crippen LogP contribution in [-0.4, -0.2) is 31.5 Å². The van der Waals surface area contributed by atoms with Crippen LogP contribution in [-0.2, 0) is 16.4 Å². The molecule has 0 aromatic carbocycles. The predicted molar refractivity (Wildman–Crippen MR) is 81.5 cm³/mol. The van der Waals surface area contributed by atoms with Gasteiger partial charge in [-0.2, -0.15) is 0 Å². The first-order chi connectivity index (χ1) is 10.1. The number of anilines is 1. The zero-order valence-electron chi connectivity index (χ0n) is 11.8. The van der Waals surface area contributed by atoms with Crippen LogP contribution in [0.15, 0.2) is 47.8 Å². The zero-order valence-corrected chi connectivity index (χ0v) is 12.6. The predicted octanol–water partition coefficient (Wildman–Crippen LogP) is 1.43. The molecule has 2 rings (SSSR count). The van der Waals surface area contributed by atoms with Crippen LogP contribution in [0.2, 0.25) is 0 Å². The van der Waals surface area contributed by atoms with Crippen molar-refractivity contribution in [3.05, 3.63) is 48.5 Å². The third-order valence-corrected chi connectivity index (χ3v) is 4.33. The van der Waals surface area contributed by atoms with Gasteiger partial charge < -0.3 is 5.32 Å². The maximum Gasteiger partial charge on any atom is 0.244 e. The van der Waals surface area contributed by atoms with Gasteiger partial charge in [0.15, 0.2) is 0 Å². The van der Waals surface area contributed by atoms with Gasteiger partial charge in [-0.3, -0.25) is 9.97 Å². The Bertz CT molecular complexity index is 674. The Balaban J connectivity index is 2.05. The summed E-state index contributed by atoms with van der Waals surface area (Å²) < 4.78 is 27.2. The molecule has 0 aliphatic carbocycles. The number of nitrogens with zero attached hydrogens (tertiary/aromatic N) is 2. The van der Waals surface area contributed by atoms with E-state index in [0.717, 1.165) is 5.69 Å². The van der Waals surface area contributed by atoms with Gasteiger partial charge in [0.2, 0.25) is 10.0 Å². The van der Waals surface area contributed by atoms with Crippen molar-refractivity contribution in [3.63, 3.8) is 0 Å². The second-order valence-corrected chi connectivity index (χ2v) is 6.11. The number of aromatic nitrogens is 2. The molecule has 2 N–H and O–H groups in total. The van der Waals surface area contributed by atoms with E-state index in [2.05, 4.69) is 20.0 Å². The largest absolute Gasteiger partial charge is 0.384 e. The molecule has 0 aliphatic rings. The fourth-order valence-electron chi connectivity index (χ4n) is 1.87. The quantitative estimate of drug-likeness (QED) is 0.808. The van der Waals surface area contributed by atoms with E-state index in [0.29, 0.717) is 25.2 Å². The van der Waals surface area contributed by atoms with Crippen molar-refractivity contribution in [1.82, 2.24) is 14.7 Å². The van der Waals surface area contributed by atoms with Gasteiger partial charge in [-0.05, 0) is 25.1 Å². The topological polar surface area (TPSA) is 84.0 Å². The number of sulfonamides is 1. The first-order valence-corrected chi connectivity index (χ1v) is 8.19. The van der Waals surface area contributed by atoms with Crippen LogP contribution in [0, 0.1) is 0 Å². The maximum atomic E-state index is 12.3. The number of nitrogens with one attached hydrogen (secondary N) is 2. The number of pyridine rings is 2. The lowest BCUT2D eigenvalue weighted by molar-refractivity contribution is 0.581. The molecule has 0 fully saturated rings. The van der Waals surface area contributed by atoms with Gasteiger partial charge in [-0.25, -0.2) is 13.1 Å². The van der Waals surface area contributed by atoms with Crippen molar-refractivity contribution in [2.75, 3.05) is 18.4 Å². The van der Waals surface area contributed by atoms with E-state index in [-0.39, 0.29) is 4.90 Å². The van der Waals surface area contributed by atoms with Gasteiger partial charge in [0.25, 0.3) is 0 Å². The maximum absolute atomic E-state index is 12.3. The van der Waals surface area contributed by atoms with Gasteiger partial charge in [0.05, 0.1) is 5.69 Å². The molecule has 2 aromatic rings. The normalized spacial score (nSPS) is 11.3. The molecule has 0 atom stereocenters. The fourth-order valence-corrected chi connectivity index (χ4v) is 3.02. The average molecular weight is 306 g/mol. The molecule has 0 saturated carbocycles. The van der Waals surface area contributed by atoms with Crippen LogP contribution in [0.5, 0.6) is 0 Å². The summed E-state index contributed by atoms with van der Waals surface area (Å²) in [4.78, 5) is 8.21. The van der Waals surface area contributed by atoms with Crippen molar-refractivity contribution in [2.24, 2.45) is 0 Å². The average Bonchev–Trinajstić information content (AvgIpc) is 2.49. The van der Waals surface area contributed by atoms with Crippen molar-refractivity contribution < 1.29 is 8.42 Å². The second-order valence-electron chi connectivity index (χ2n) is 4.37. The van der Waals surface area contributed by atoms with Crippen molar-refractivity contribution in [2.45, 2.75) is 18.2 Å². The van der Waals surface area contributed by atoms with Crippen LogP contribution < -0.4 is 10.0 Å². The summed E-state index contributed by atoms with van der Waals surface area (Å²) in [5.41, 5.74) is 1.40. The third kappa shape index (κ3) is 4.24. The minimum absolute atomic E-state index is 0.160. The second kappa shape index (κ2) is 7.14. The molecule has 6 nitrogen and oxygen atoms in total. The highest BCUT2D eigenvalue weighted by Gasteiger charge is 2.18. The molecule has 0 aliphatic heterocycles. The van der Waals surface area contributed by atoms with E-state index in [1.807, 2.05) is 25.1 Å². The lowest BCUT2D eigenvalue weighted by Gasteiger charge is -2.11. The summed E-state index contributed by atoms with van der Waals surface area (Å²) >= 11 is 0. The van der Waals surface area contributed by atoms with Crippen LogP contribution in [0.25, 0.3) is 0 Å². The summed E-state index contributed by atoms with van der Waals surface area (Å²) in [6.45, 7) is 2.84. The Morgan fingerprint density at radius 2 is 2.05 bits per heavy atom. The highest BCUT2D eigenvalue weighted by molar-refractivity contribution is 7.89. The highest BCUT2D eigenvalue weighted by Crippen LogP contribution is 2.18. The molecule has 112 valence electrons. The van der Waals surface area contributed by atoms with Gasteiger partial charge in [0, 0.05) is 43.8 Å². The van der Waals surface area contributed by atoms with Crippen molar-refractivity contribution in [1.29, 1.82) is 0 Å². The first-order valence-electron chi connectivity index (χ1n) is 6.71. The molecule has 0 unspecified atom stereocenters. The fraction of sp³-hybridized carbons (Fsp3) is 0.286. The minimum atomic E-state index is -3.59. The monoisotopic (exact) mass is 306 g/mol. The van der Waals surface area contributed by atoms with Gasteiger partial charge >= 0.3 is 0 Å². The Hall–Kier alpha value is -1.99. The van der Waals surface area contributed by atoms with E-state index in [9.17, 15) is 8.42 Å². The van der Waals surface area contributed by atoms with E-state index < -0.39 is 10.0 Å². The summed E-state index contributed by atoms with van der Waals surface area (Å²) in [6, 6.07) is 7.21.